The minimum Gasteiger partial charge on any atom is -0.496 e. The summed E-state index contributed by atoms with van der Waals surface area (Å²) in [6.45, 7) is 3.02. The van der Waals surface area contributed by atoms with Crippen LogP contribution in [0.15, 0.2) is 47.5 Å². The third-order valence-electron chi connectivity index (χ3n) is 4.04. The van der Waals surface area contributed by atoms with Crippen molar-refractivity contribution in [1.82, 2.24) is 10.6 Å². The molecule has 0 unspecified atom stereocenters. The van der Waals surface area contributed by atoms with Gasteiger partial charge in [0.1, 0.15) is 5.75 Å². The van der Waals surface area contributed by atoms with Crippen LogP contribution < -0.4 is 15.4 Å². The number of nitrogens with zero attached hydrogens (tertiary/aromatic N) is 2. The van der Waals surface area contributed by atoms with Crippen LogP contribution in [0.25, 0.3) is 0 Å². The fraction of sp³-hybridized carbons (Fsp3) is 0.316. The summed E-state index contributed by atoms with van der Waals surface area (Å²) in [5, 5.41) is 17.4. The average molecular weight is 356 g/mol. The number of hydrogen-bond donors (Lipinski definition) is 2. The van der Waals surface area contributed by atoms with Crippen LogP contribution in [0.3, 0.4) is 0 Å². The topological polar surface area (TPSA) is 88.8 Å². The van der Waals surface area contributed by atoms with E-state index in [0.717, 1.165) is 23.3 Å². The first-order valence-electron chi connectivity index (χ1n) is 8.35. The molecule has 0 saturated carbocycles. The molecule has 0 heterocycles. The third kappa shape index (κ3) is 5.20. The molecule has 0 fully saturated rings. The number of aliphatic imine (C=N–C) groups is 1. The number of nitro benzene ring substituents is 1. The summed E-state index contributed by atoms with van der Waals surface area (Å²) in [4.78, 5) is 14.8. The van der Waals surface area contributed by atoms with Gasteiger partial charge in [-0.3, -0.25) is 15.1 Å². The number of methoxy groups -OCH3 is 1. The van der Waals surface area contributed by atoms with E-state index < -0.39 is 0 Å². The van der Waals surface area contributed by atoms with Gasteiger partial charge in [0.25, 0.3) is 5.69 Å². The normalized spacial score (nSPS) is 11.1. The van der Waals surface area contributed by atoms with E-state index in [4.69, 9.17) is 4.74 Å². The smallest absolute Gasteiger partial charge is 0.274 e. The van der Waals surface area contributed by atoms with Gasteiger partial charge in [-0.25, -0.2) is 0 Å². The Morgan fingerprint density at radius 3 is 2.69 bits per heavy atom. The highest BCUT2D eigenvalue weighted by Gasteiger charge is 2.12. The fourth-order valence-corrected chi connectivity index (χ4v) is 2.58. The molecular formula is C19H24N4O3. The summed E-state index contributed by atoms with van der Waals surface area (Å²) in [7, 11) is 3.34. The van der Waals surface area contributed by atoms with Crippen LogP contribution in [0.4, 0.5) is 5.69 Å². The molecule has 0 aliphatic rings. The maximum Gasteiger partial charge on any atom is 0.274 e. The molecule has 138 valence electrons. The molecule has 2 N–H and O–H groups in total. The number of nitrogens with one attached hydrogen (secondary N) is 2. The second kappa shape index (κ2) is 9.41. The van der Waals surface area contributed by atoms with Crippen LogP contribution in [0, 0.1) is 17.0 Å². The van der Waals surface area contributed by atoms with Crippen molar-refractivity contribution in [3.8, 4) is 5.75 Å². The van der Waals surface area contributed by atoms with Crippen LogP contribution in [0.2, 0.25) is 0 Å². The van der Waals surface area contributed by atoms with Crippen LogP contribution >= 0.6 is 0 Å². The first-order chi connectivity index (χ1) is 12.5. The number of rotatable bonds is 7. The SMILES string of the molecule is CN=C(NCCc1ccc(C)c(OC)c1)NCc1ccccc1[N+](=O)[O-]. The summed E-state index contributed by atoms with van der Waals surface area (Å²) < 4.78 is 5.34. The summed E-state index contributed by atoms with van der Waals surface area (Å²) in [6, 6.07) is 12.8. The zero-order valence-corrected chi connectivity index (χ0v) is 15.3. The van der Waals surface area contributed by atoms with E-state index in [9.17, 15) is 10.1 Å². The first-order valence-corrected chi connectivity index (χ1v) is 8.35. The van der Waals surface area contributed by atoms with Crippen LogP contribution in [-0.4, -0.2) is 31.6 Å². The monoisotopic (exact) mass is 356 g/mol. The molecule has 7 nitrogen and oxygen atoms in total. The molecule has 7 heteroatoms. The molecule has 0 aliphatic heterocycles. The van der Waals surface area contributed by atoms with Crippen molar-refractivity contribution in [1.29, 1.82) is 0 Å². The van der Waals surface area contributed by atoms with Gasteiger partial charge in [0.05, 0.1) is 12.0 Å². The molecule has 26 heavy (non-hydrogen) atoms. The average Bonchev–Trinajstić information content (AvgIpc) is 2.65. The molecule has 0 aromatic heterocycles. The van der Waals surface area contributed by atoms with Crippen molar-refractivity contribution in [2.24, 2.45) is 4.99 Å². The van der Waals surface area contributed by atoms with E-state index in [1.165, 1.54) is 6.07 Å². The van der Waals surface area contributed by atoms with E-state index in [1.54, 1.807) is 32.4 Å². The second-order valence-corrected chi connectivity index (χ2v) is 5.79. The molecule has 0 radical (unpaired) electrons. The van der Waals surface area contributed by atoms with Gasteiger partial charge in [-0.1, -0.05) is 30.3 Å². The van der Waals surface area contributed by atoms with Crippen molar-refractivity contribution in [3.63, 3.8) is 0 Å². The van der Waals surface area contributed by atoms with Gasteiger partial charge >= 0.3 is 0 Å². The van der Waals surface area contributed by atoms with Gasteiger partial charge in [0.15, 0.2) is 5.96 Å². The van der Waals surface area contributed by atoms with Crippen LogP contribution in [-0.2, 0) is 13.0 Å². The number of guanidine groups is 1. The van der Waals surface area contributed by atoms with E-state index in [2.05, 4.69) is 21.7 Å². The molecule has 0 saturated heterocycles. The van der Waals surface area contributed by atoms with Crippen molar-refractivity contribution in [3.05, 3.63) is 69.3 Å². The van der Waals surface area contributed by atoms with E-state index in [-0.39, 0.29) is 10.6 Å². The Kier molecular flexibility index (Phi) is 6.96. The predicted octanol–water partition coefficient (Wildman–Crippen LogP) is 2.82. The van der Waals surface area contributed by atoms with Gasteiger partial charge in [-0.05, 0) is 30.5 Å². The highest BCUT2D eigenvalue weighted by atomic mass is 16.6. The number of ether oxygens (including phenoxy) is 1. The minimum atomic E-state index is -0.377. The quantitative estimate of drug-likeness (QED) is 0.345. The number of aryl methyl sites for hydroxylation is 1. The van der Waals surface area contributed by atoms with Crippen LogP contribution in [0.1, 0.15) is 16.7 Å². The Labute approximate surface area is 153 Å². The highest BCUT2D eigenvalue weighted by molar-refractivity contribution is 5.79. The van der Waals surface area contributed by atoms with Crippen molar-refractivity contribution in [2.45, 2.75) is 19.9 Å². The first kappa shape index (κ1) is 19.2. The number of para-hydroxylation sites is 1. The van der Waals surface area contributed by atoms with Gasteiger partial charge < -0.3 is 15.4 Å². The maximum absolute atomic E-state index is 11.1. The van der Waals surface area contributed by atoms with Crippen molar-refractivity contribution in [2.75, 3.05) is 20.7 Å². The number of nitro groups is 1. The zero-order chi connectivity index (χ0) is 18.9. The summed E-state index contributed by atoms with van der Waals surface area (Å²) in [5.74, 6) is 1.48. The van der Waals surface area contributed by atoms with E-state index in [0.29, 0.717) is 24.6 Å². The van der Waals surface area contributed by atoms with Crippen molar-refractivity contribution >= 4 is 11.6 Å². The Morgan fingerprint density at radius 2 is 2.00 bits per heavy atom. The molecule has 0 bridgehead atoms. The summed E-state index contributed by atoms with van der Waals surface area (Å²) in [6.07, 6.45) is 0.808. The molecule has 0 aliphatic carbocycles. The predicted molar refractivity (Wildman–Crippen MR) is 103 cm³/mol. The molecule has 0 amide bonds. The Balaban J connectivity index is 1.88. The lowest BCUT2D eigenvalue weighted by Gasteiger charge is -2.13. The van der Waals surface area contributed by atoms with Gasteiger partial charge in [-0.2, -0.15) is 0 Å². The zero-order valence-electron chi connectivity index (χ0n) is 15.3. The molecule has 0 spiro atoms. The maximum atomic E-state index is 11.1. The Morgan fingerprint density at radius 1 is 1.23 bits per heavy atom. The lowest BCUT2D eigenvalue weighted by molar-refractivity contribution is -0.385. The van der Waals surface area contributed by atoms with E-state index in [1.807, 2.05) is 19.1 Å². The van der Waals surface area contributed by atoms with E-state index >= 15 is 0 Å². The van der Waals surface area contributed by atoms with Gasteiger partial charge in [-0.15, -0.1) is 0 Å². The van der Waals surface area contributed by atoms with Crippen molar-refractivity contribution < 1.29 is 9.66 Å². The molecule has 0 atom stereocenters. The minimum absolute atomic E-state index is 0.0993. The molecule has 2 aromatic carbocycles. The Bertz CT molecular complexity index is 790. The Hall–Kier alpha value is -3.09. The lowest BCUT2D eigenvalue weighted by Crippen LogP contribution is -2.38. The molecule has 2 aromatic rings. The highest BCUT2D eigenvalue weighted by Crippen LogP contribution is 2.19. The summed E-state index contributed by atoms with van der Waals surface area (Å²) in [5.41, 5.74) is 2.98. The fourth-order valence-electron chi connectivity index (χ4n) is 2.58. The molecule has 2 rings (SSSR count). The molecular weight excluding hydrogens is 332 g/mol. The van der Waals surface area contributed by atoms with Crippen LogP contribution in [0.5, 0.6) is 5.75 Å². The standard InChI is InChI=1S/C19H24N4O3/c1-14-8-9-15(12-18(14)26-3)10-11-21-19(20-2)22-13-16-6-4-5-7-17(16)23(24)25/h4-9,12H,10-11,13H2,1-3H3,(H2,20,21,22). The van der Waals surface area contributed by atoms with Gasteiger partial charge in [0, 0.05) is 31.8 Å². The third-order valence-corrected chi connectivity index (χ3v) is 4.04. The second-order valence-electron chi connectivity index (χ2n) is 5.79. The summed E-state index contributed by atoms with van der Waals surface area (Å²) >= 11 is 0. The number of hydrogen-bond acceptors (Lipinski definition) is 4. The lowest BCUT2D eigenvalue weighted by atomic mass is 10.1. The number of benzene rings is 2. The van der Waals surface area contributed by atoms with Gasteiger partial charge in [0.2, 0.25) is 0 Å². The largest absolute Gasteiger partial charge is 0.496 e.